The van der Waals surface area contributed by atoms with Crippen molar-refractivity contribution in [1.82, 2.24) is 4.90 Å². The maximum absolute atomic E-state index is 12.8. The van der Waals surface area contributed by atoms with Gasteiger partial charge in [-0.15, -0.1) is 12.4 Å². The Morgan fingerprint density at radius 2 is 2.10 bits per heavy atom. The molecular weight excluding hydrogens is 293 g/mol. The molecule has 118 valence electrons. The minimum absolute atomic E-state index is 0. The molecule has 21 heavy (non-hydrogen) atoms. The van der Waals surface area contributed by atoms with Crippen LogP contribution in [0.5, 0.6) is 0 Å². The molecule has 3 N–H and O–H groups in total. The first-order chi connectivity index (χ1) is 9.50. The van der Waals surface area contributed by atoms with E-state index in [1.54, 1.807) is 12.1 Å². The highest BCUT2D eigenvalue weighted by molar-refractivity contribution is 5.90. The zero-order valence-electron chi connectivity index (χ0n) is 12.3. The Bertz CT molecular complexity index is 468. The van der Waals surface area contributed by atoms with E-state index in [9.17, 15) is 9.18 Å². The van der Waals surface area contributed by atoms with Gasteiger partial charge in [-0.1, -0.05) is 6.92 Å². The minimum Gasteiger partial charge on any atom is -0.330 e. The molecule has 1 atom stereocenters. The molecule has 0 aromatic heterocycles. The molecule has 1 saturated heterocycles. The topological polar surface area (TPSA) is 58.4 Å². The van der Waals surface area contributed by atoms with Crippen molar-refractivity contribution >= 4 is 24.0 Å². The molecule has 6 heteroatoms. The van der Waals surface area contributed by atoms with Gasteiger partial charge in [-0.25, -0.2) is 4.39 Å². The molecule has 1 amide bonds. The molecule has 1 aliphatic rings. The maximum Gasteiger partial charge on any atom is 0.225 e. The van der Waals surface area contributed by atoms with Crippen molar-refractivity contribution in [2.45, 2.75) is 19.8 Å². The molecule has 1 aliphatic heterocycles. The second-order valence-corrected chi connectivity index (χ2v) is 5.85. The number of carbonyl (C=O) groups is 1. The van der Waals surface area contributed by atoms with Gasteiger partial charge in [-0.05, 0) is 49.2 Å². The first kappa shape index (κ1) is 17.9. The van der Waals surface area contributed by atoms with Crippen molar-refractivity contribution in [2.24, 2.45) is 11.1 Å². The highest BCUT2D eigenvalue weighted by Gasteiger charge is 2.32. The Morgan fingerprint density at radius 1 is 1.43 bits per heavy atom. The summed E-state index contributed by atoms with van der Waals surface area (Å²) in [4.78, 5) is 14.1. The molecule has 1 unspecified atom stereocenters. The van der Waals surface area contributed by atoms with Crippen molar-refractivity contribution in [3.05, 3.63) is 30.1 Å². The lowest BCUT2D eigenvalue weighted by Gasteiger charge is -2.22. The molecule has 0 radical (unpaired) electrons. The van der Waals surface area contributed by atoms with Gasteiger partial charge in [0.2, 0.25) is 5.91 Å². The zero-order valence-corrected chi connectivity index (χ0v) is 13.1. The van der Waals surface area contributed by atoms with E-state index in [1.807, 2.05) is 0 Å². The Balaban J connectivity index is 0.00000220. The van der Waals surface area contributed by atoms with Crippen LogP contribution in [0, 0.1) is 11.2 Å². The van der Waals surface area contributed by atoms with E-state index in [1.165, 1.54) is 12.1 Å². The molecule has 0 aliphatic carbocycles. The summed E-state index contributed by atoms with van der Waals surface area (Å²) >= 11 is 0. The molecule has 4 nitrogen and oxygen atoms in total. The Hall–Kier alpha value is -1.17. The summed E-state index contributed by atoms with van der Waals surface area (Å²) in [6.45, 7) is 5.56. The molecule has 2 rings (SSSR count). The van der Waals surface area contributed by atoms with Crippen molar-refractivity contribution in [3.63, 3.8) is 0 Å². The third kappa shape index (κ3) is 5.26. The maximum atomic E-state index is 12.8. The predicted octanol–water partition coefficient (Wildman–Crippen LogP) is 2.25. The standard InChI is InChI=1S/C15H22FN3O.ClH/c1-15(10-17)7-9-19(11-15)8-6-14(20)18-13-4-2-12(16)3-5-13;/h2-5H,6-11,17H2,1H3,(H,18,20);1H. The van der Waals surface area contributed by atoms with Crippen LogP contribution in [0.2, 0.25) is 0 Å². The highest BCUT2D eigenvalue weighted by Crippen LogP contribution is 2.28. The summed E-state index contributed by atoms with van der Waals surface area (Å²) in [5, 5.41) is 2.77. The number of halogens is 2. The molecular formula is C15H23ClFN3O. The fraction of sp³-hybridized carbons (Fsp3) is 0.533. The van der Waals surface area contributed by atoms with E-state index < -0.39 is 0 Å². The zero-order chi connectivity index (χ0) is 14.6. The van der Waals surface area contributed by atoms with Crippen LogP contribution in [0.25, 0.3) is 0 Å². The quantitative estimate of drug-likeness (QED) is 0.876. The SMILES string of the molecule is CC1(CN)CCN(CCC(=O)Nc2ccc(F)cc2)C1.Cl. The molecule has 0 bridgehead atoms. The Morgan fingerprint density at radius 3 is 2.67 bits per heavy atom. The summed E-state index contributed by atoms with van der Waals surface area (Å²) in [5.41, 5.74) is 6.58. The van der Waals surface area contributed by atoms with Gasteiger partial charge in [0, 0.05) is 25.2 Å². The van der Waals surface area contributed by atoms with E-state index in [4.69, 9.17) is 5.73 Å². The lowest BCUT2D eigenvalue weighted by Crippen LogP contribution is -2.32. The van der Waals surface area contributed by atoms with Crippen molar-refractivity contribution < 1.29 is 9.18 Å². The Labute approximate surface area is 131 Å². The van der Waals surface area contributed by atoms with Gasteiger partial charge in [0.15, 0.2) is 0 Å². The van der Waals surface area contributed by atoms with Crippen LogP contribution < -0.4 is 11.1 Å². The summed E-state index contributed by atoms with van der Waals surface area (Å²) in [7, 11) is 0. The van der Waals surface area contributed by atoms with E-state index in [0.29, 0.717) is 18.7 Å². The highest BCUT2D eigenvalue weighted by atomic mass is 35.5. The fourth-order valence-electron chi connectivity index (χ4n) is 2.50. The molecule has 1 aromatic carbocycles. The van der Waals surface area contributed by atoms with Gasteiger partial charge in [-0.3, -0.25) is 4.79 Å². The number of nitrogens with zero attached hydrogens (tertiary/aromatic N) is 1. The number of likely N-dealkylation sites (tertiary alicyclic amines) is 1. The van der Waals surface area contributed by atoms with Crippen LogP contribution in [-0.4, -0.2) is 37.0 Å². The van der Waals surface area contributed by atoms with E-state index >= 15 is 0 Å². The van der Waals surface area contributed by atoms with Gasteiger partial charge in [0.25, 0.3) is 0 Å². The minimum atomic E-state index is -0.305. The fourth-order valence-corrected chi connectivity index (χ4v) is 2.50. The average molecular weight is 316 g/mol. The molecule has 1 aromatic rings. The van der Waals surface area contributed by atoms with Gasteiger partial charge >= 0.3 is 0 Å². The molecule has 0 saturated carbocycles. The van der Waals surface area contributed by atoms with E-state index in [2.05, 4.69) is 17.1 Å². The molecule has 0 spiro atoms. The van der Waals surface area contributed by atoms with E-state index in [0.717, 1.165) is 26.1 Å². The normalized spacial score (nSPS) is 21.9. The largest absolute Gasteiger partial charge is 0.330 e. The summed E-state index contributed by atoms with van der Waals surface area (Å²) < 4.78 is 12.8. The summed E-state index contributed by atoms with van der Waals surface area (Å²) in [6, 6.07) is 5.80. The number of hydrogen-bond donors (Lipinski definition) is 2. The van der Waals surface area contributed by atoms with Crippen molar-refractivity contribution in [3.8, 4) is 0 Å². The number of amides is 1. The molecule has 1 fully saturated rings. The summed E-state index contributed by atoms with van der Waals surface area (Å²) in [5.74, 6) is -0.348. The lowest BCUT2D eigenvalue weighted by atomic mass is 9.90. The number of anilines is 1. The van der Waals surface area contributed by atoms with E-state index in [-0.39, 0.29) is 29.5 Å². The van der Waals surface area contributed by atoms with Gasteiger partial charge in [0.05, 0.1) is 0 Å². The number of hydrogen-bond acceptors (Lipinski definition) is 3. The van der Waals surface area contributed by atoms with Crippen molar-refractivity contribution in [1.29, 1.82) is 0 Å². The first-order valence-corrected chi connectivity index (χ1v) is 6.99. The van der Waals surface area contributed by atoms with Crippen LogP contribution in [0.15, 0.2) is 24.3 Å². The molecule has 1 heterocycles. The van der Waals surface area contributed by atoms with Gasteiger partial charge in [0.1, 0.15) is 5.82 Å². The third-order valence-electron chi connectivity index (χ3n) is 3.91. The number of nitrogens with one attached hydrogen (secondary N) is 1. The smallest absolute Gasteiger partial charge is 0.225 e. The number of rotatable bonds is 5. The average Bonchev–Trinajstić information content (AvgIpc) is 2.82. The second-order valence-electron chi connectivity index (χ2n) is 5.85. The first-order valence-electron chi connectivity index (χ1n) is 6.99. The number of benzene rings is 1. The van der Waals surface area contributed by atoms with Crippen LogP contribution in [0.3, 0.4) is 0 Å². The van der Waals surface area contributed by atoms with Crippen molar-refractivity contribution in [2.75, 3.05) is 31.5 Å². The van der Waals surface area contributed by atoms with Gasteiger partial charge in [-0.2, -0.15) is 0 Å². The number of carbonyl (C=O) groups excluding carboxylic acids is 1. The van der Waals surface area contributed by atoms with Crippen LogP contribution >= 0.6 is 12.4 Å². The third-order valence-corrected chi connectivity index (χ3v) is 3.91. The predicted molar refractivity (Wildman–Crippen MR) is 85.1 cm³/mol. The summed E-state index contributed by atoms with van der Waals surface area (Å²) in [6.07, 6.45) is 1.53. The second kappa shape index (κ2) is 7.73. The van der Waals surface area contributed by atoms with Crippen LogP contribution in [-0.2, 0) is 4.79 Å². The van der Waals surface area contributed by atoms with Crippen LogP contribution in [0.1, 0.15) is 19.8 Å². The monoisotopic (exact) mass is 315 g/mol. The van der Waals surface area contributed by atoms with Crippen LogP contribution in [0.4, 0.5) is 10.1 Å². The lowest BCUT2D eigenvalue weighted by molar-refractivity contribution is -0.116. The Kier molecular flexibility index (Phi) is 6.58. The number of nitrogens with two attached hydrogens (primary N) is 1. The van der Waals surface area contributed by atoms with Gasteiger partial charge < -0.3 is 16.0 Å².